The number of ether oxygens (including phenoxy) is 2. The van der Waals surface area contributed by atoms with Gasteiger partial charge in [0.05, 0.1) is 0 Å². The molecule has 4 rings (SSSR count). The molecule has 0 aliphatic rings. The van der Waals surface area contributed by atoms with Gasteiger partial charge in [-0.2, -0.15) is 26.3 Å². The zero-order valence-corrected chi connectivity index (χ0v) is 21.6. The third kappa shape index (κ3) is 7.11. The molecule has 0 bridgehead atoms. The highest BCUT2D eigenvalue weighted by molar-refractivity contribution is 5.48. The number of halogens is 6. The molecule has 0 aromatic heterocycles. The minimum Gasteiger partial charge on any atom is -0.457 e. The highest BCUT2D eigenvalue weighted by atomic mass is 19.4. The first-order valence-electron chi connectivity index (χ1n) is 12.0. The van der Waals surface area contributed by atoms with Gasteiger partial charge in [0.25, 0.3) is 0 Å². The minimum atomic E-state index is -5.69. The molecule has 39 heavy (non-hydrogen) atoms. The summed E-state index contributed by atoms with van der Waals surface area (Å²) in [7, 11) is 1.50. The van der Waals surface area contributed by atoms with Crippen LogP contribution in [0.1, 0.15) is 25.0 Å². The predicted molar refractivity (Wildman–Crippen MR) is 140 cm³/mol. The zero-order valence-electron chi connectivity index (χ0n) is 21.6. The molecule has 4 aromatic rings. The van der Waals surface area contributed by atoms with Crippen molar-refractivity contribution in [1.82, 2.24) is 0 Å². The fourth-order valence-corrected chi connectivity index (χ4v) is 3.78. The maximum Gasteiger partial charge on any atom is 0.411 e. The molecule has 0 aliphatic heterocycles. The third-order valence-electron chi connectivity index (χ3n) is 5.38. The topological polar surface area (TPSA) is 44.5 Å². The van der Waals surface area contributed by atoms with E-state index in [4.69, 9.17) is 9.47 Å². The van der Waals surface area contributed by atoms with E-state index in [9.17, 15) is 26.3 Å². The molecular formula is C30H29F6NO2. The number of nitrogens with two attached hydrogens (primary N) is 1. The lowest BCUT2D eigenvalue weighted by atomic mass is 9.73. The molecule has 208 valence electrons. The van der Waals surface area contributed by atoms with E-state index in [1.54, 1.807) is 60.7 Å². The molecule has 0 heterocycles. The number of hydrogen-bond acceptors (Lipinski definition) is 3. The Hall–Kier alpha value is -3.98. The van der Waals surface area contributed by atoms with E-state index in [0.717, 1.165) is 48.5 Å². The molecule has 0 atom stereocenters. The van der Waals surface area contributed by atoms with Gasteiger partial charge in [-0.1, -0.05) is 74.5 Å². The van der Waals surface area contributed by atoms with E-state index >= 15 is 0 Å². The first kappa shape index (κ1) is 31.2. The van der Waals surface area contributed by atoms with Crippen molar-refractivity contribution in [1.29, 1.82) is 0 Å². The van der Waals surface area contributed by atoms with E-state index in [-0.39, 0.29) is 11.5 Å². The largest absolute Gasteiger partial charge is 0.457 e. The molecule has 0 saturated heterocycles. The molecule has 2 N–H and O–H groups in total. The molecule has 0 aliphatic carbocycles. The van der Waals surface area contributed by atoms with Crippen LogP contribution in [-0.4, -0.2) is 19.4 Å². The van der Waals surface area contributed by atoms with Gasteiger partial charge in [0, 0.05) is 0 Å². The van der Waals surface area contributed by atoms with Crippen molar-refractivity contribution in [2.45, 2.75) is 31.6 Å². The van der Waals surface area contributed by atoms with Gasteiger partial charge in [-0.3, -0.25) is 0 Å². The molecule has 3 nitrogen and oxygen atoms in total. The van der Waals surface area contributed by atoms with Crippen LogP contribution < -0.4 is 15.2 Å². The summed E-state index contributed by atoms with van der Waals surface area (Å²) in [5, 5.41) is 0. The predicted octanol–water partition coefficient (Wildman–Crippen LogP) is 9.28. The Balaban J connectivity index is 0.00000127. The Kier molecular flexibility index (Phi) is 11.0. The van der Waals surface area contributed by atoms with Crippen LogP contribution in [0.4, 0.5) is 26.3 Å². The number of rotatable bonds is 6. The highest BCUT2D eigenvalue weighted by Gasteiger charge is 2.72. The molecule has 0 radical (unpaired) electrons. The van der Waals surface area contributed by atoms with Crippen LogP contribution in [0.2, 0.25) is 0 Å². The van der Waals surface area contributed by atoms with Crippen LogP contribution in [0, 0.1) is 0 Å². The second-order valence-corrected chi connectivity index (χ2v) is 7.62. The van der Waals surface area contributed by atoms with Gasteiger partial charge in [0.2, 0.25) is 5.41 Å². The lowest BCUT2D eigenvalue weighted by Gasteiger charge is -2.38. The molecule has 4 aromatic carbocycles. The summed E-state index contributed by atoms with van der Waals surface area (Å²) in [6.07, 6.45) is -11.4. The summed E-state index contributed by atoms with van der Waals surface area (Å²) in [6.45, 7) is 4.00. The van der Waals surface area contributed by atoms with Gasteiger partial charge in [-0.15, -0.1) is 0 Å². The van der Waals surface area contributed by atoms with E-state index in [0.29, 0.717) is 11.5 Å². The van der Waals surface area contributed by atoms with Gasteiger partial charge in [-0.25, -0.2) is 0 Å². The number of hydrogen-bond donors (Lipinski definition) is 1. The molecule has 0 spiro atoms. The van der Waals surface area contributed by atoms with Crippen LogP contribution in [0.3, 0.4) is 0 Å². The van der Waals surface area contributed by atoms with Crippen molar-refractivity contribution in [3.63, 3.8) is 0 Å². The maximum absolute atomic E-state index is 14.4. The van der Waals surface area contributed by atoms with Crippen molar-refractivity contribution in [3.05, 3.63) is 120 Å². The molecule has 0 saturated carbocycles. The van der Waals surface area contributed by atoms with Crippen molar-refractivity contribution in [3.8, 4) is 23.0 Å². The summed E-state index contributed by atoms with van der Waals surface area (Å²) in [5.74, 6) is 0.994. The fraction of sp³-hybridized carbons (Fsp3) is 0.200. The Morgan fingerprint density at radius 2 is 0.692 bits per heavy atom. The smallest absolute Gasteiger partial charge is 0.411 e. The third-order valence-corrected chi connectivity index (χ3v) is 5.38. The summed E-state index contributed by atoms with van der Waals surface area (Å²) in [5.41, 5.74) is -1.71. The fourth-order valence-electron chi connectivity index (χ4n) is 3.78. The van der Waals surface area contributed by atoms with Gasteiger partial charge in [0.15, 0.2) is 0 Å². The number of benzene rings is 4. The Labute approximate surface area is 223 Å². The summed E-state index contributed by atoms with van der Waals surface area (Å²) >= 11 is 0. The van der Waals surface area contributed by atoms with Crippen molar-refractivity contribution in [2.24, 2.45) is 5.73 Å². The second-order valence-electron chi connectivity index (χ2n) is 7.62. The van der Waals surface area contributed by atoms with E-state index in [1.807, 2.05) is 13.8 Å². The van der Waals surface area contributed by atoms with Gasteiger partial charge >= 0.3 is 12.4 Å². The normalized spacial score (nSPS) is 11.3. The molecule has 0 unspecified atom stereocenters. The quantitative estimate of drug-likeness (QED) is 0.244. The molecule has 0 amide bonds. The Morgan fingerprint density at radius 1 is 0.436 bits per heavy atom. The van der Waals surface area contributed by atoms with Crippen LogP contribution in [0.5, 0.6) is 23.0 Å². The SMILES string of the molecule is CC.CN.FC(F)(F)C(c1ccc(Oc2ccccc2)cc1)(c1ccc(Oc2ccccc2)cc1)C(F)(F)F. The lowest BCUT2D eigenvalue weighted by molar-refractivity contribution is -0.288. The zero-order chi connectivity index (χ0) is 29.1. The first-order chi connectivity index (χ1) is 18.6. The number of para-hydroxylation sites is 2. The lowest BCUT2D eigenvalue weighted by Crippen LogP contribution is -2.54. The first-order valence-corrected chi connectivity index (χ1v) is 12.0. The van der Waals surface area contributed by atoms with Gasteiger partial charge in [-0.05, 0) is 66.7 Å². The highest BCUT2D eigenvalue weighted by Crippen LogP contribution is 2.56. The monoisotopic (exact) mass is 549 g/mol. The van der Waals surface area contributed by atoms with Crippen LogP contribution in [-0.2, 0) is 5.41 Å². The Morgan fingerprint density at radius 3 is 0.949 bits per heavy atom. The average molecular weight is 550 g/mol. The number of alkyl halides is 6. The standard InChI is InChI=1S/C27H18F6O2.C2H6.CH5N/c28-26(29,30)25(27(31,32)33,19-11-15-23(16-12-19)34-21-7-3-1-4-8-21)20-13-17-24(18-14-20)35-22-9-5-2-6-10-22;2*1-2/h1-18H;1-2H3;2H2,1H3. The van der Waals surface area contributed by atoms with E-state index in [2.05, 4.69) is 5.73 Å². The minimum absolute atomic E-state index is 0.102. The average Bonchev–Trinajstić information content (AvgIpc) is 2.93. The van der Waals surface area contributed by atoms with Crippen molar-refractivity contribution < 1.29 is 35.8 Å². The molecule has 9 heteroatoms. The van der Waals surface area contributed by atoms with Crippen LogP contribution >= 0.6 is 0 Å². The van der Waals surface area contributed by atoms with Gasteiger partial charge < -0.3 is 15.2 Å². The summed E-state index contributed by atoms with van der Waals surface area (Å²) in [6, 6.07) is 24.2. The summed E-state index contributed by atoms with van der Waals surface area (Å²) in [4.78, 5) is 0. The van der Waals surface area contributed by atoms with E-state index in [1.165, 1.54) is 7.05 Å². The van der Waals surface area contributed by atoms with E-state index < -0.39 is 28.9 Å². The molecule has 0 fully saturated rings. The van der Waals surface area contributed by atoms with Crippen LogP contribution in [0.15, 0.2) is 109 Å². The van der Waals surface area contributed by atoms with Crippen molar-refractivity contribution in [2.75, 3.05) is 7.05 Å². The van der Waals surface area contributed by atoms with Crippen LogP contribution in [0.25, 0.3) is 0 Å². The van der Waals surface area contributed by atoms with Gasteiger partial charge in [0.1, 0.15) is 23.0 Å². The molecular weight excluding hydrogens is 520 g/mol. The maximum atomic E-state index is 14.4. The Bertz CT molecular complexity index is 1140. The second kappa shape index (κ2) is 13.7. The van der Waals surface area contributed by atoms with Crippen molar-refractivity contribution >= 4 is 0 Å². The summed E-state index contributed by atoms with van der Waals surface area (Å²) < 4.78 is 97.2.